The molecule has 0 unspecified atom stereocenters. The second kappa shape index (κ2) is 5.98. The van der Waals surface area contributed by atoms with Gasteiger partial charge in [0.25, 0.3) is 0 Å². The Bertz CT molecular complexity index is 644. The van der Waals surface area contributed by atoms with Gasteiger partial charge in [-0.2, -0.15) is 0 Å². The zero-order valence-corrected chi connectivity index (χ0v) is 13.8. The van der Waals surface area contributed by atoms with Crippen molar-refractivity contribution < 1.29 is 4.74 Å². The summed E-state index contributed by atoms with van der Waals surface area (Å²) in [5, 5.41) is 0.669. The summed E-state index contributed by atoms with van der Waals surface area (Å²) in [5.74, 6) is 0.896. The second-order valence-electron chi connectivity index (χ2n) is 6.38. The van der Waals surface area contributed by atoms with Crippen molar-refractivity contribution in [3.05, 3.63) is 58.1 Å². The molecule has 0 aromatic heterocycles. The van der Waals surface area contributed by atoms with Gasteiger partial charge in [0.15, 0.2) is 0 Å². The Labute approximate surface area is 131 Å². The minimum atomic E-state index is 0.0290. The molecule has 0 atom stereocenters. The molecular formula is C18H22ClNO. The number of nitrogen functional groups attached to an aromatic ring is 1. The van der Waals surface area contributed by atoms with Gasteiger partial charge in [0.2, 0.25) is 0 Å². The summed E-state index contributed by atoms with van der Waals surface area (Å²) >= 11 is 6.01. The van der Waals surface area contributed by atoms with E-state index in [9.17, 15) is 0 Å². The third-order valence-electron chi connectivity index (χ3n) is 3.43. The van der Waals surface area contributed by atoms with E-state index in [2.05, 4.69) is 39.8 Å². The Kier molecular flexibility index (Phi) is 4.48. The minimum Gasteiger partial charge on any atom is -0.489 e. The SMILES string of the molecule is Cc1ccc(OCc2cc(Cl)ccc2N)c(C(C)(C)C)c1. The highest BCUT2D eigenvalue weighted by molar-refractivity contribution is 6.30. The third kappa shape index (κ3) is 3.92. The molecule has 0 aliphatic carbocycles. The first kappa shape index (κ1) is 15.7. The van der Waals surface area contributed by atoms with Crippen LogP contribution in [0.25, 0.3) is 0 Å². The zero-order chi connectivity index (χ0) is 15.6. The van der Waals surface area contributed by atoms with Crippen LogP contribution in [-0.4, -0.2) is 0 Å². The highest BCUT2D eigenvalue weighted by Gasteiger charge is 2.19. The summed E-state index contributed by atoms with van der Waals surface area (Å²) in [6, 6.07) is 11.7. The van der Waals surface area contributed by atoms with Crippen LogP contribution in [-0.2, 0) is 12.0 Å². The maximum Gasteiger partial charge on any atom is 0.123 e. The molecule has 2 nitrogen and oxygen atoms in total. The molecule has 0 amide bonds. The van der Waals surface area contributed by atoms with E-state index in [0.717, 1.165) is 11.3 Å². The number of anilines is 1. The molecular weight excluding hydrogens is 282 g/mol. The lowest BCUT2D eigenvalue weighted by molar-refractivity contribution is 0.298. The van der Waals surface area contributed by atoms with E-state index in [1.165, 1.54) is 11.1 Å². The van der Waals surface area contributed by atoms with Crippen molar-refractivity contribution in [2.45, 2.75) is 39.7 Å². The number of aryl methyl sites for hydroxylation is 1. The lowest BCUT2D eigenvalue weighted by Crippen LogP contribution is -2.14. The van der Waals surface area contributed by atoms with Gasteiger partial charge in [-0.15, -0.1) is 0 Å². The summed E-state index contributed by atoms with van der Waals surface area (Å²) in [5.41, 5.74) is 10.0. The van der Waals surface area contributed by atoms with Gasteiger partial charge in [0.05, 0.1) is 0 Å². The Balaban J connectivity index is 2.26. The van der Waals surface area contributed by atoms with Crippen LogP contribution in [0.1, 0.15) is 37.5 Å². The van der Waals surface area contributed by atoms with Crippen LogP contribution < -0.4 is 10.5 Å². The van der Waals surface area contributed by atoms with Gasteiger partial charge in [0, 0.05) is 16.3 Å². The average molecular weight is 304 g/mol. The molecule has 21 heavy (non-hydrogen) atoms. The second-order valence-corrected chi connectivity index (χ2v) is 6.82. The highest BCUT2D eigenvalue weighted by Crippen LogP contribution is 2.33. The molecule has 0 aliphatic rings. The molecule has 2 aromatic rings. The fraction of sp³-hybridized carbons (Fsp3) is 0.333. The standard InChI is InChI=1S/C18H22ClNO/c1-12-5-8-17(15(9-12)18(2,3)4)21-11-13-10-14(19)6-7-16(13)20/h5-10H,11,20H2,1-4H3. The Morgan fingerprint density at radius 3 is 2.48 bits per heavy atom. The Hall–Kier alpha value is -1.67. The first-order chi connectivity index (χ1) is 9.77. The van der Waals surface area contributed by atoms with Gasteiger partial charge in [-0.1, -0.05) is 50.1 Å². The van der Waals surface area contributed by atoms with E-state index >= 15 is 0 Å². The van der Waals surface area contributed by atoms with E-state index in [4.69, 9.17) is 22.1 Å². The first-order valence-electron chi connectivity index (χ1n) is 7.05. The third-order valence-corrected chi connectivity index (χ3v) is 3.67. The first-order valence-corrected chi connectivity index (χ1v) is 7.43. The van der Waals surface area contributed by atoms with Gasteiger partial charge < -0.3 is 10.5 Å². The molecule has 0 saturated heterocycles. The van der Waals surface area contributed by atoms with Crippen LogP contribution in [0, 0.1) is 6.92 Å². The van der Waals surface area contributed by atoms with E-state index in [-0.39, 0.29) is 5.41 Å². The van der Waals surface area contributed by atoms with Crippen molar-refractivity contribution in [3.8, 4) is 5.75 Å². The van der Waals surface area contributed by atoms with Gasteiger partial charge in [-0.3, -0.25) is 0 Å². The number of ether oxygens (including phenoxy) is 1. The summed E-state index contributed by atoms with van der Waals surface area (Å²) < 4.78 is 6.00. The maximum absolute atomic E-state index is 6.01. The van der Waals surface area contributed by atoms with Gasteiger partial charge >= 0.3 is 0 Å². The van der Waals surface area contributed by atoms with Crippen LogP contribution >= 0.6 is 11.6 Å². The summed E-state index contributed by atoms with van der Waals surface area (Å²) in [6.07, 6.45) is 0. The largest absolute Gasteiger partial charge is 0.489 e. The molecule has 0 heterocycles. The summed E-state index contributed by atoms with van der Waals surface area (Å²) in [4.78, 5) is 0. The van der Waals surface area contributed by atoms with Crippen LogP contribution in [0.4, 0.5) is 5.69 Å². The number of hydrogen-bond donors (Lipinski definition) is 1. The van der Waals surface area contributed by atoms with Crippen molar-refractivity contribution in [2.75, 3.05) is 5.73 Å². The molecule has 0 bridgehead atoms. The van der Waals surface area contributed by atoms with Crippen molar-refractivity contribution in [1.82, 2.24) is 0 Å². The average Bonchev–Trinajstić information content (AvgIpc) is 2.40. The molecule has 112 valence electrons. The molecule has 2 aromatic carbocycles. The van der Waals surface area contributed by atoms with E-state index < -0.39 is 0 Å². The van der Waals surface area contributed by atoms with Crippen molar-refractivity contribution in [2.24, 2.45) is 0 Å². The smallest absolute Gasteiger partial charge is 0.123 e. The van der Waals surface area contributed by atoms with E-state index in [1.807, 2.05) is 12.1 Å². The molecule has 0 spiro atoms. The minimum absolute atomic E-state index is 0.0290. The number of nitrogens with two attached hydrogens (primary N) is 1. The van der Waals surface area contributed by atoms with Gasteiger partial charge in [-0.25, -0.2) is 0 Å². The number of rotatable bonds is 3. The van der Waals surface area contributed by atoms with E-state index in [1.54, 1.807) is 12.1 Å². The quantitative estimate of drug-likeness (QED) is 0.800. The Morgan fingerprint density at radius 1 is 1.10 bits per heavy atom. The van der Waals surface area contributed by atoms with Crippen molar-refractivity contribution >= 4 is 17.3 Å². The summed E-state index contributed by atoms with van der Waals surface area (Å²) in [6.45, 7) is 9.06. The molecule has 0 radical (unpaired) electrons. The fourth-order valence-corrected chi connectivity index (χ4v) is 2.41. The maximum atomic E-state index is 6.01. The summed E-state index contributed by atoms with van der Waals surface area (Å²) in [7, 11) is 0. The lowest BCUT2D eigenvalue weighted by atomic mass is 9.85. The topological polar surface area (TPSA) is 35.2 Å². The lowest BCUT2D eigenvalue weighted by Gasteiger charge is -2.23. The van der Waals surface area contributed by atoms with Crippen molar-refractivity contribution in [3.63, 3.8) is 0 Å². The molecule has 2 N–H and O–H groups in total. The van der Waals surface area contributed by atoms with E-state index in [0.29, 0.717) is 17.3 Å². The van der Waals surface area contributed by atoms with Crippen LogP contribution in [0.15, 0.2) is 36.4 Å². The number of benzene rings is 2. The molecule has 0 saturated carbocycles. The van der Waals surface area contributed by atoms with Gasteiger partial charge in [0.1, 0.15) is 12.4 Å². The normalized spacial score (nSPS) is 11.5. The fourth-order valence-electron chi connectivity index (χ4n) is 2.21. The Morgan fingerprint density at radius 2 is 1.81 bits per heavy atom. The van der Waals surface area contributed by atoms with Crippen LogP contribution in [0.2, 0.25) is 5.02 Å². The molecule has 0 fully saturated rings. The van der Waals surface area contributed by atoms with Gasteiger partial charge in [-0.05, 0) is 42.2 Å². The molecule has 0 aliphatic heterocycles. The number of hydrogen-bond acceptors (Lipinski definition) is 2. The molecule has 3 heteroatoms. The highest BCUT2D eigenvalue weighted by atomic mass is 35.5. The zero-order valence-electron chi connectivity index (χ0n) is 13.0. The van der Waals surface area contributed by atoms with Crippen LogP contribution in [0.5, 0.6) is 5.75 Å². The molecule has 2 rings (SSSR count). The predicted molar refractivity (Wildman–Crippen MR) is 90.1 cm³/mol. The monoisotopic (exact) mass is 303 g/mol. The van der Waals surface area contributed by atoms with Crippen molar-refractivity contribution in [1.29, 1.82) is 0 Å². The number of halogens is 1. The predicted octanol–water partition coefficient (Wildman–Crippen LogP) is 5.11. The van der Waals surface area contributed by atoms with Crippen LogP contribution in [0.3, 0.4) is 0 Å².